The van der Waals surface area contributed by atoms with Crippen molar-refractivity contribution in [1.29, 1.82) is 0 Å². The van der Waals surface area contributed by atoms with Crippen LogP contribution in [0.3, 0.4) is 0 Å². The van der Waals surface area contributed by atoms with Gasteiger partial charge < -0.3 is 5.73 Å². The predicted molar refractivity (Wildman–Crippen MR) is 82.7 cm³/mol. The van der Waals surface area contributed by atoms with Crippen LogP contribution in [0.5, 0.6) is 0 Å². The number of halogens is 1. The quantitative estimate of drug-likeness (QED) is 0.878. The maximum absolute atomic E-state index is 6.01. The van der Waals surface area contributed by atoms with Crippen LogP contribution in [-0.2, 0) is 13.1 Å². The van der Waals surface area contributed by atoms with Gasteiger partial charge in [0.2, 0.25) is 0 Å². The van der Waals surface area contributed by atoms with Gasteiger partial charge in [-0.05, 0) is 43.8 Å². The van der Waals surface area contributed by atoms with Crippen molar-refractivity contribution in [3.63, 3.8) is 0 Å². The van der Waals surface area contributed by atoms with Crippen LogP contribution in [0.4, 0.5) is 5.69 Å². The minimum Gasteiger partial charge on any atom is -0.398 e. The maximum Gasteiger partial charge on any atom is 0.0547 e. The SMILES string of the molecule is Cc1cccc(CN(C)Cc2ccc(Br)cc2N)n1. The third-order valence-electron chi connectivity index (χ3n) is 2.93. The highest BCUT2D eigenvalue weighted by Crippen LogP contribution is 2.20. The minimum atomic E-state index is 0.814. The molecular weight excluding hydrogens is 302 g/mol. The van der Waals surface area contributed by atoms with Gasteiger partial charge in [-0.1, -0.05) is 28.1 Å². The highest BCUT2D eigenvalue weighted by molar-refractivity contribution is 9.10. The molecule has 100 valence electrons. The fraction of sp³-hybridized carbons (Fsp3) is 0.267. The van der Waals surface area contributed by atoms with E-state index in [4.69, 9.17) is 5.73 Å². The van der Waals surface area contributed by atoms with Gasteiger partial charge in [-0.25, -0.2) is 0 Å². The molecule has 0 unspecified atom stereocenters. The molecule has 0 aliphatic rings. The smallest absolute Gasteiger partial charge is 0.0547 e. The fourth-order valence-electron chi connectivity index (χ4n) is 2.02. The molecule has 2 N–H and O–H groups in total. The zero-order valence-electron chi connectivity index (χ0n) is 11.2. The van der Waals surface area contributed by atoms with Crippen LogP contribution in [-0.4, -0.2) is 16.9 Å². The van der Waals surface area contributed by atoms with Gasteiger partial charge >= 0.3 is 0 Å². The topological polar surface area (TPSA) is 42.1 Å². The Bertz CT molecular complexity index is 569. The lowest BCUT2D eigenvalue weighted by Crippen LogP contribution is -2.18. The molecule has 0 aliphatic heterocycles. The van der Waals surface area contributed by atoms with Crippen molar-refractivity contribution in [3.8, 4) is 0 Å². The number of aromatic nitrogens is 1. The van der Waals surface area contributed by atoms with Crippen molar-refractivity contribution < 1.29 is 0 Å². The Hall–Kier alpha value is -1.39. The summed E-state index contributed by atoms with van der Waals surface area (Å²) in [4.78, 5) is 6.72. The number of benzene rings is 1. The van der Waals surface area contributed by atoms with Crippen molar-refractivity contribution in [2.24, 2.45) is 0 Å². The molecule has 0 amide bonds. The van der Waals surface area contributed by atoms with E-state index in [1.807, 2.05) is 31.2 Å². The van der Waals surface area contributed by atoms with Crippen LogP contribution >= 0.6 is 15.9 Å². The van der Waals surface area contributed by atoms with Gasteiger partial charge in [-0.15, -0.1) is 0 Å². The molecule has 2 aromatic rings. The van der Waals surface area contributed by atoms with Crippen LogP contribution in [0.15, 0.2) is 40.9 Å². The summed E-state index contributed by atoms with van der Waals surface area (Å²) in [7, 11) is 2.07. The molecule has 0 aliphatic carbocycles. The molecule has 1 heterocycles. The van der Waals surface area contributed by atoms with E-state index in [1.165, 1.54) is 0 Å². The summed E-state index contributed by atoms with van der Waals surface area (Å²) >= 11 is 3.42. The summed E-state index contributed by atoms with van der Waals surface area (Å²) in [5, 5.41) is 0. The van der Waals surface area contributed by atoms with Crippen molar-refractivity contribution in [2.75, 3.05) is 12.8 Å². The lowest BCUT2D eigenvalue weighted by Gasteiger charge is -2.17. The summed E-state index contributed by atoms with van der Waals surface area (Å²) < 4.78 is 1.01. The van der Waals surface area contributed by atoms with Gasteiger partial charge in [-0.2, -0.15) is 0 Å². The Kier molecular flexibility index (Phi) is 4.56. The van der Waals surface area contributed by atoms with E-state index in [2.05, 4.69) is 45.0 Å². The van der Waals surface area contributed by atoms with E-state index >= 15 is 0 Å². The van der Waals surface area contributed by atoms with Gasteiger partial charge in [0.15, 0.2) is 0 Å². The van der Waals surface area contributed by atoms with E-state index in [-0.39, 0.29) is 0 Å². The van der Waals surface area contributed by atoms with Crippen LogP contribution in [0.25, 0.3) is 0 Å². The second-order valence-corrected chi connectivity index (χ2v) is 5.70. The van der Waals surface area contributed by atoms with Crippen LogP contribution in [0.2, 0.25) is 0 Å². The zero-order chi connectivity index (χ0) is 13.8. The first-order valence-corrected chi connectivity index (χ1v) is 6.99. The molecule has 2 rings (SSSR count). The molecule has 0 saturated carbocycles. The highest BCUT2D eigenvalue weighted by Gasteiger charge is 2.06. The van der Waals surface area contributed by atoms with Crippen molar-refractivity contribution >= 4 is 21.6 Å². The first kappa shape index (κ1) is 14.0. The predicted octanol–water partition coefficient (Wildman–Crippen LogP) is 3.37. The number of hydrogen-bond donors (Lipinski definition) is 1. The second-order valence-electron chi connectivity index (χ2n) is 4.79. The molecule has 3 nitrogen and oxygen atoms in total. The fourth-order valence-corrected chi connectivity index (χ4v) is 2.40. The molecule has 4 heteroatoms. The highest BCUT2D eigenvalue weighted by atomic mass is 79.9. The Morgan fingerprint density at radius 2 is 2.00 bits per heavy atom. The molecule has 0 atom stereocenters. The normalized spacial score (nSPS) is 10.9. The standard InChI is InChI=1S/C15H18BrN3/c1-11-4-3-5-14(18-11)10-19(2)9-12-6-7-13(16)8-15(12)17/h3-8H,9-10,17H2,1-2H3. The Labute approximate surface area is 122 Å². The van der Waals surface area contributed by atoms with Gasteiger partial charge in [0, 0.05) is 28.9 Å². The molecule has 1 aromatic carbocycles. The van der Waals surface area contributed by atoms with Crippen molar-refractivity contribution in [2.45, 2.75) is 20.0 Å². The molecule has 1 aromatic heterocycles. The number of pyridine rings is 1. The zero-order valence-corrected chi connectivity index (χ0v) is 12.8. The molecule has 0 radical (unpaired) electrons. The number of nitrogens with two attached hydrogens (primary N) is 1. The van der Waals surface area contributed by atoms with E-state index in [0.29, 0.717) is 0 Å². The van der Waals surface area contributed by atoms with Crippen LogP contribution in [0.1, 0.15) is 17.0 Å². The first-order chi connectivity index (χ1) is 9.04. The van der Waals surface area contributed by atoms with E-state index < -0.39 is 0 Å². The minimum absolute atomic E-state index is 0.814. The molecule has 0 bridgehead atoms. The van der Waals surface area contributed by atoms with Gasteiger partial charge in [0.1, 0.15) is 0 Å². The largest absolute Gasteiger partial charge is 0.398 e. The molecule has 0 spiro atoms. The Balaban J connectivity index is 2.03. The van der Waals surface area contributed by atoms with E-state index in [0.717, 1.165) is 40.2 Å². The monoisotopic (exact) mass is 319 g/mol. The molecule has 0 saturated heterocycles. The summed E-state index contributed by atoms with van der Waals surface area (Å²) in [6, 6.07) is 12.1. The van der Waals surface area contributed by atoms with E-state index in [9.17, 15) is 0 Å². The van der Waals surface area contributed by atoms with Gasteiger partial charge in [0.05, 0.1) is 5.69 Å². The van der Waals surface area contributed by atoms with E-state index in [1.54, 1.807) is 0 Å². The Morgan fingerprint density at radius 3 is 2.68 bits per heavy atom. The van der Waals surface area contributed by atoms with Gasteiger partial charge in [-0.3, -0.25) is 9.88 Å². The number of aryl methyl sites for hydroxylation is 1. The van der Waals surface area contributed by atoms with Gasteiger partial charge in [0.25, 0.3) is 0 Å². The number of hydrogen-bond acceptors (Lipinski definition) is 3. The summed E-state index contributed by atoms with van der Waals surface area (Å²) in [6.07, 6.45) is 0. The third kappa shape index (κ3) is 4.04. The lowest BCUT2D eigenvalue weighted by atomic mass is 10.1. The average molecular weight is 320 g/mol. The first-order valence-electron chi connectivity index (χ1n) is 6.19. The number of nitrogens with zero attached hydrogens (tertiary/aromatic N) is 2. The maximum atomic E-state index is 6.01. The summed E-state index contributed by atoms with van der Waals surface area (Å²) in [5.74, 6) is 0. The molecular formula is C15H18BrN3. The van der Waals surface area contributed by atoms with Crippen molar-refractivity contribution in [1.82, 2.24) is 9.88 Å². The molecule has 0 fully saturated rings. The van der Waals surface area contributed by atoms with Crippen molar-refractivity contribution in [3.05, 3.63) is 57.8 Å². The molecule has 19 heavy (non-hydrogen) atoms. The van der Waals surface area contributed by atoms with Crippen LogP contribution in [0, 0.1) is 6.92 Å². The average Bonchev–Trinajstić information content (AvgIpc) is 2.33. The number of rotatable bonds is 4. The summed E-state index contributed by atoms with van der Waals surface area (Å²) in [5.41, 5.74) is 10.1. The number of nitrogen functional groups attached to an aromatic ring is 1. The third-order valence-corrected chi connectivity index (χ3v) is 3.42. The lowest BCUT2D eigenvalue weighted by molar-refractivity contribution is 0.315. The Morgan fingerprint density at radius 1 is 1.21 bits per heavy atom. The van der Waals surface area contributed by atoms with Crippen LogP contribution < -0.4 is 5.73 Å². The summed E-state index contributed by atoms with van der Waals surface area (Å²) in [6.45, 7) is 3.64. The second kappa shape index (κ2) is 6.17. The number of anilines is 1.